The van der Waals surface area contributed by atoms with Crippen molar-refractivity contribution in [2.75, 3.05) is 11.4 Å². The molecule has 0 spiro atoms. The van der Waals surface area contributed by atoms with Crippen LogP contribution < -0.4 is 4.90 Å². The molecule has 1 aliphatic heterocycles. The van der Waals surface area contributed by atoms with Crippen LogP contribution in [0, 0.1) is 0 Å². The van der Waals surface area contributed by atoms with E-state index in [-0.39, 0.29) is 0 Å². The molecule has 4 rings (SSSR count). The van der Waals surface area contributed by atoms with Gasteiger partial charge in [0, 0.05) is 19.3 Å². The number of nitrogens with one attached hydrogen (secondary N) is 1. The van der Waals surface area contributed by atoms with Crippen molar-refractivity contribution in [1.82, 2.24) is 15.0 Å². The van der Waals surface area contributed by atoms with Gasteiger partial charge in [0.1, 0.15) is 17.8 Å². The quantitative estimate of drug-likeness (QED) is 0.721. The third-order valence-electron chi connectivity index (χ3n) is 3.76. The largest absolute Gasteiger partial charge is 0.351 e. The highest BCUT2D eigenvalue weighted by Gasteiger charge is 2.19. The molecular weight excluding hydrogens is 236 g/mol. The minimum Gasteiger partial charge on any atom is -0.351 e. The first-order valence-electron chi connectivity index (χ1n) is 6.51. The number of aromatic nitrogens is 3. The number of fused-ring (bicyclic) bond motifs is 2. The van der Waals surface area contributed by atoms with Gasteiger partial charge < -0.3 is 9.88 Å². The molecule has 0 saturated carbocycles. The summed E-state index contributed by atoms with van der Waals surface area (Å²) in [5.41, 5.74) is 3.76. The second-order valence-corrected chi connectivity index (χ2v) is 4.88. The van der Waals surface area contributed by atoms with E-state index in [2.05, 4.69) is 44.1 Å². The van der Waals surface area contributed by atoms with Crippen molar-refractivity contribution in [3.8, 4) is 0 Å². The zero-order chi connectivity index (χ0) is 12.7. The summed E-state index contributed by atoms with van der Waals surface area (Å²) in [6.45, 7) is 1.93. The summed E-state index contributed by atoms with van der Waals surface area (Å²) in [6.07, 6.45) is 4.63. The summed E-state index contributed by atoms with van der Waals surface area (Å²) in [5.74, 6) is 1.03. The second kappa shape index (κ2) is 4.09. The topological polar surface area (TPSA) is 44.8 Å². The minimum absolute atomic E-state index is 0.906. The normalized spacial score (nSPS) is 14.6. The third-order valence-corrected chi connectivity index (χ3v) is 3.76. The van der Waals surface area contributed by atoms with Crippen LogP contribution in [0.2, 0.25) is 0 Å². The molecule has 4 nitrogen and oxygen atoms in total. The number of hydrogen-bond donors (Lipinski definition) is 1. The fourth-order valence-corrected chi connectivity index (χ4v) is 2.79. The van der Waals surface area contributed by atoms with Crippen LogP contribution in [-0.2, 0) is 13.0 Å². The van der Waals surface area contributed by atoms with Gasteiger partial charge in [0.25, 0.3) is 0 Å². The van der Waals surface area contributed by atoms with E-state index in [1.807, 2.05) is 12.3 Å². The zero-order valence-corrected chi connectivity index (χ0v) is 10.5. The van der Waals surface area contributed by atoms with Gasteiger partial charge in [-0.05, 0) is 23.6 Å². The van der Waals surface area contributed by atoms with Gasteiger partial charge in [-0.2, -0.15) is 0 Å². The molecule has 3 aromatic rings. The summed E-state index contributed by atoms with van der Waals surface area (Å²) in [7, 11) is 0. The molecule has 0 aliphatic carbocycles. The van der Waals surface area contributed by atoms with Crippen LogP contribution in [0.1, 0.15) is 11.1 Å². The van der Waals surface area contributed by atoms with E-state index in [1.165, 1.54) is 11.1 Å². The molecule has 2 aromatic heterocycles. The molecule has 4 heteroatoms. The Morgan fingerprint density at radius 3 is 2.89 bits per heavy atom. The van der Waals surface area contributed by atoms with Crippen LogP contribution in [0.25, 0.3) is 11.0 Å². The first-order valence-corrected chi connectivity index (χ1v) is 6.51. The highest BCUT2D eigenvalue weighted by molar-refractivity contribution is 5.87. The minimum atomic E-state index is 0.906. The molecule has 0 bridgehead atoms. The van der Waals surface area contributed by atoms with E-state index < -0.39 is 0 Å². The number of nitrogens with zero attached hydrogens (tertiary/aromatic N) is 3. The van der Waals surface area contributed by atoms with E-state index in [0.717, 1.165) is 36.4 Å². The summed E-state index contributed by atoms with van der Waals surface area (Å²) in [6, 6.07) is 10.7. The zero-order valence-electron chi connectivity index (χ0n) is 10.5. The number of rotatable bonds is 1. The van der Waals surface area contributed by atoms with Crippen molar-refractivity contribution in [1.29, 1.82) is 0 Å². The standard InChI is InChI=1S/C15H14N4/c1-2-4-12-9-19(8-6-11(12)3-1)15-13-5-7-16-14(13)17-10-18-15/h1-5,7,10H,6,8-9H2,(H,16,17,18). The molecule has 0 atom stereocenters. The first-order chi connectivity index (χ1) is 9.42. The summed E-state index contributed by atoms with van der Waals surface area (Å²) in [5, 5.41) is 1.10. The number of hydrogen-bond acceptors (Lipinski definition) is 3. The van der Waals surface area contributed by atoms with Crippen LogP contribution in [0.5, 0.6) is 0 Å². The van der Waals surface area contributed by atoms with Crippen molar-refractivity contribution >= 4 is 16.9 Å². The van der Waals surface area contributed by atoms with Gasteiger partial charge >= 0.3 is 0 Å². The van der Waals surface area contributed by atoms with Crippen molar-refractivity contribution in [2.24, 2.45) is 0 Å². The summed E-state index contributed by atoms with van der Waals surface area (Å²) < 4.78 is 0. The highest BCUT2D eigenvalue weighted by atomic mass is 15.2. The molecule has 0 fully saturated rings. The maximum absolute atomic E-state index is 4.47. The molecule has 0 unspecified atom stereocenters. The van der Waals surface area contributed by atoms with Gasteiger partial charge in [0.05, 0.1) is 5.39 Å². The molecular formula is C15H14N4. The monoisotopic (exact) mass is 250 g/mol. The van der Waals surface area contributed by atoms with Crippen LogP contribution in [0.4, 0.5) is 5.82 Å². The second-order valence-electron chi connectivity index (χ2n) is 4.88. The SMILES string of the molecule is c1ccc2c(c1)CCN(c1ncnc3[nH]ccc13)C2. The fourth-order valence-electron chi connectivity index (χ4n) is 2.79. The predicted octanol–water partition coefficient (Wildman–Crippen LogP) is 2.52. The Morgan fingerprint density at radius 2 is 1.95 bits per heavy atom. The molecule has 1 aromatic carbocycles. The Morgan fingerprint density at radius 1 is 1.05 bits per heavy atom. The Balaban J connectivity index is 1.77. The molecule has 1 N–H and O–H groups in total. The van der Waals surface area contributed by atoms with Gasteiger partial charge in [-0.25, -0.2) is 9.97 Å². The molecule has 0 radical (unpaired) electrons. The predicted molar refractivity (Wildman–Crippen MR) is 75.1 cm³/mol. The van der Waals surface area contributed by atoms with Gasteiger partial charge in [-0.15, -0.1) is 0 Å². The highest BCUT2D eigenvalue weighted by Crippen LogP contribution is 2.27. The smallest absolute Gasteiger partial charge is 0.142 e. The summed E-state index contributed by atoms with van der Waals surface area (Å²) in [4.78, 5) is 14.2. The van der Waals surface area contributed by atoms with Gasteiger partial charge in [-0.1, -0.05) is 24.3 Å². The lowest BCUT2D eigenvalue weighted by Crippen LogP contribution is -2.31. The number of anilines is 1. The van der Waals surface area contributed by atoms with Crippen LogP contribution in [-0.4, -0.2) is 21.5 Å². The summed E-state index contributed by atoms with van der Waals surface area (Å²) >= 11 is 0. The van der Waals surface area contributed by atoms with Gasteiger partial charge in [0.15, 0.2) is 0 Å². The maximum atomic E-state index is 4.47. The molecule has 3 heterocycles. The van der Waals surface area contributed by atoms with Crippen molar-refractivity contribution in [3.05, 3.63) is 54.0 Å². The average molecular weight is 250 g/mol. The van der Waals surface area contributed by atoms with E-state index in [0.29, 0.717) is 0 Å². The lowest BCUT2D eigenvalue weighted by Gasteiger charge is -2.30. The van der Waals surface area contributed by atoms with E-state index in [1.54, 1.807) is 6.33 Å². The Hall–Kier alpha value is -2.36. The van der Waals surface area contributed by atoms with Crippen molar-refractivity contribution in [3.63, 3.8) is 0 Å². The fraction of sp³-hybridized carbons (Fsp3) is 0.200. The molecule has 0 amide bonds. The van der Waals surface area contributed by atoms with Crippen molar-refractivity contribution < 1.29 is 0 Å². The van der Waals surface area contributed by atoms with E-state index >= 15 is 0 Å². The molecule has 94 valence electrons. The van der Waals surface area contributed by atoms with E-state index in [4.69, 9.17) is 0 Å². The number of H-pyrrole nitrogens is 1. The Bertz CT molecular complexity index is 732. The van der Waals surface area contributed by atoms with Crippen LogP contribution >= 0.6 is 0 Å². The van der Waals surface area contributed by atoms with Gasteiger partial charge in [0.2, 0.25) is 0 Å². The number of benzene rings is 1. The molecule has 0 saturated heterocycles. The Labute approximate surface area is 111 Å². The van der Waals surface area contributed by atoms with E-state index in [9.17, 15) is 0 Å². The Kier molecular flexibility index (Phi) is 2.27. The van der Waals surface area contributed by atoms with Crippen molar-refractivity contribution in [2.45, 2.75) is 13.0 Å². The lowest BCUT2D eigenvalue weighted by atomic mass is 10.00. The van der Waals surface area contributed by atoms with Gasteiger partial charge in [-0.3, -0.25) is 0 Å². The van der Waals surface area contributed by atoms with Crippen LogP contribution in [0.3, 0.4) is 0 Å². The third kappa shape index (κ3) is 1.68. The van der Waals surface area contributed by atoms with Crippen LogP contribution in [0.15, 0.2) is 42.9 Å². The first kappa shape index (κ1) is 10.6. The average Bonchev–Trinajstić information content (AvgIpc) is 2.95. The molecule has 1 aliphatic rings. The molecule has 19 heavy (non-hydrogen) atoms. The maximum Gasteiger partial charge on any atom is 0.142 e. The number of aromatic amines is 1. The lowest BCUT2D eigenvalue weighted by molar-refractivity contribution is 0.723.